The monoisotopic (exact) mass is 212 g/mol. The molecule has 3 nitrogen and oxygen atoms in total. The molecule has 1 fully saturated rings. The summed E-state index contributed by atoms with van der Waals surface area (Å²) < 4.78 is 0. The second-order valence-corrected chi connectivity index (χ2v) is 4.77. The molecule has 2 N–H and O–H groups in total. The Balaban J connectivity index is 2.26. The first-order valence-electron chi connectivity index (χ1n) is 6.10. The van der Waals surface area contributed by atoms with E-state index in [1.807, 2.05) is 6.92 Å². The van der Waals surface area contributed by atoms with Crippen LogP contribution in [0, 0.1) is 11.8 Å². The van der Waals surface area contributed by atoms with Gasteiger partial charge in [-0.1, -0.05) is 26.2 Å². The van der Waals surface area contributed by atoms with Crippen LogP contribution < -0.4 is 10.6 Å². The lowest BCUT2D eigenvalue weighted by Crippen LogP contribution is -2.43. The maximum Gasteiger partial charge on any atom is 0.236 e. The molecule has 0 aliphatic heterocycles. The van der Waals surface area contributed by atoms with Crippen LogP contribution in [0.15, 0.2) is 0 Å². The van der Waals surface area contributed by atoms with Crippen LogP contribution in [0.25, 0.3) is 0 Å². The molecule has 0 saturated heterocycles. The van der Waals surface area contributed by atoms with Crippen molar-refractivity contribution in [1.29, 1.82) is 0 Å². The molecule has 1 saturated carbocycles. The van der Waals surface area contributed by atoms with Crippen molar-refractivity contribution in [3.63, 3.8) is 0 Å². The van der Waals surface area contributed by atoms with Crippen molar-refractivity contribution < 1.29 is 4.79 Å². The van der Waals surface area contributed by atoms with Gasteiger partial charge < -0.3 is 10.6 Å². The predicted octanol–water partition coefficient (Wildman–Crippen LogP) is 1.54. The lowest BCUT2D eigenvalue weighted by atomic mass is 9.80. The molecule has 0 heterocycles. The highest BCUT2D eigenvalue weighted by Gasteiger charge is 2.22. The van der Waals surface area contributed by atoms with Gasteiger partial charge in [-0.15, -0.1) is 0 Å². The average Bonchev–Trinajstić information content (AvgIpc) is 2.26. The van der Waals surface area contributed by atoms with Gasteiger partial charge in [0.25, 0.3) is 0 Å². The Bertz CT molecular complexity index is 206. The number of hydrogen-bond acceptors (Lipinski definition) is 2. The van der Waals surface area contributed by atoms with Crippen molar-refractivity contribution in [3.05, 3.63) is 0 Å². The van der Waals surface area contributed by atoms with Crippen molar-refractivity contribution in [3.8, 4) is 0 Å². The summed E-state index contributed by atoms with van der Waals surface area (Å²) in [5.74, 6) is 1.65. The molecule has 15 heavy (non-hydrogen) atoms. The molecule has 1 amide bonds. The Labute approximate surface area is 93.0 Å². The fraction of sp³-hybridized carbons (Fsp3) is 0.917. The van der Waals surface area contributed by atoms with Gasteiger partial charge in [-0.25, -0.2) is 0 Å². The molecule has 3 unspecified atom stereocenters. The zero-order chi connectivity index (χ0) is 11.3. The highest BCUT2D eigenvalue weighted by atomic mass is 16.2. The predicted molar refractivity (Wildman–Crippen MR) is 62.7 cm³/mol. The quantitative estimate of drug-likeness (QED) is 0.742. The van der Waals surface area contributed by atoms with Gasteiger partial charge in [0.2, 0.25) is 5.91 Å². The fourth-order valence-corrected chi connectivity index (χ4v) is 2.33. The van der Waals surface area contributed by atoms with E-state index < -0.39 is 0 Å². The minimum absolute atomic E-state index is 0.0656. The summed E-state index contributed by atoms with van der Waals surface area (Å²) >= 11 is 0. The van der Waals surface area contributed by atoms with Crippen LogP contribution in [-0.2, 0) is 4.79 Å². The van der Waals surface area contributed by atoms with E-state index in [1.165, 1.54) is 25.7 Å². The molecular formula is C12H24N2O. The van der Waals surface area contributed by atoms with Gasteiger partial charge >= 0.3 is 0 Å². The van der Waals surface area contributed by atoms with Crippen LogP contribution in [-0.4, -0.2) is 25.5 Å². The maximum absolute atomic E-state index is 11.3. The Morgan fingerprint density at radius 1 is 1.40 bits per heavy atom. The van der Waals surface area contributed by atoms with Crippen LogP contribution in [0.1, 0.15) is 39.5 Å². The summed E-state index contributed by atoms with van der Waals surface area (Å²) in [7, 11) is 1.68. The molecule has 1 aliphatic carbocycles. The summed E-state index contributed by atoms with van der Waals surface area (Å²) in [6, 6.07) is -0.0656. The summed E-state index contributed by atoms with van der Waals surface area (Å²) in [5, 5.41) is 5.98. The first-order valence-corrected chi connectivity index (χ1v) is 6.10. The van der Waals surface area contributed by atoms with Gasteiger partial charge in [0.15, 0.2) is 0 Å². The van der Waals surface area contributed by atoms with Gasteiger partial charge in [0.1, 0.15) is 0 Å². The fourth-order valence-electron chi connectivity index (χ4n) is 2.33. The van der Waals surface area contributed by atoms with Crippen LogP contribution in [0.4, 0.5) is 0 Å². The van der Waals surface area contributed by atoms with E-state index >= 15 is 0 Å². The third-order valence-electron chi connectivity index (χ3n) is 3.62. The molecule has 88 valence electrons. The molecule has 0 radical (unpaired) electrons. The molecule has 0 spiro atoms. The topological polar surface area (TPSA) is 41.1 Å². The Morgan fingerprint density at radius 2 is 2.07 bits per heavy atom. The van der Waals surface area contributed by atoms with Gasteiger partial charge in [-0.05, 0) is 31.7 Å². The van der Waals surface area contributed by atoms with Crippen LogP contribution >= 0.6 is 0 Å². The second kappa shape index (κ2) is 6.11. The molecule has 0 aromatic heterocycles. The number of amides is 1. The average molecular weight is 212 g/mol. The summed E-state index contributed by atoms with van der Waals surface area (Å²) in [4.78, 5) is 11.3. The molecule has 0 aromatic rings. The van der Waals surface area contributed by atoms with Crippen LogP contribution in [0.5, 0.6) is 0 Å². The molecule has 1 rings (SSSR count). The molecular weight excluding hydrogens is 188 g/mol. The van der Waals surface area contributed by atoms with E-state index in [9.17, 15) is 4.79 Å². The molecule has 0 bridgehead atoms. The zero-order valence-electron chi connectivity index (χ0n) is 10.2. The molecule has 0 aromatic carbocycles. The van der Waals surface area contributed by atoms with Crippen molar-refractivity contribution in [2.75, 3.05) is 13.6 Å². The van der Waals surface area contributed by atoms with E-state index in [0.29, 0.717) is 0 Å². The number of likely N-dealkylation sites (N-methyl/N-ethyl adjacent to an activating group) is 1. The molecule has 3 heteroatoms. The standard InChI is InChI=1S/C12H24N2O/c1-9-6-4-5-7-11(9)8-14-10(2)12(15)13-3/h9-11,14H,4-8H2,1-3H3,(H,13,15). The number of hydrogen-bond donors (Lipinski definition) is 2. The highest BCUT2D eigenvalue weighted by Crippen LogP contribution is 2.28. The van der Waals surface area contributed by atoms with Gasteiger partial charge in [-0.3, -0.25) is 4.79 Å². The normalized spacial score (nSPS) is 28.5. The van der Waals surface area contributed by atoms with Crippen LogP contribution in [0.3, 0.4) is 0 Å². The lowest BCUT2D eigenvalue weighted by Gasteiger charge is -2.29. The number of carbonyl (C=O) groups is 1. The maximum atomic E-state index is 11.3. The van der Waals surface area contributed by atoms with E-state index in [4.69, 9.17) is 0 Å². The summed E-state index contributed by atoms with van der Waals surface area (Å²) in [5.41, 5.74) is 0. The van der Waals surface area contributed by atoms with Gasteiger partial charge in [-0.2, -0.15) is 0 Å². The van der Waals surface area contributed by atoms with Crippen molar-refractivity contribution in [2.24, 2.45) is 11.8 Å². The SMILES string of the molecule is CNC(=O)C(C)NCC1CCCCC1C. The smallest absolute Gasteiger partial charge is 0.236 e. The largest absolute Gasteiger partial charge is 0.358 e. The summed E-state index contributed by atoms with van der Waals surface area (Å²) in [6.45, 7) is 5.23. The number of nitrogens with one attached hydrogen (secondary N) is 2. The van der Waals surface area contributed by atoms with Crippen molar-refractivity contribution in [2.45, 2.75) is 45.6 Å². The third kappa shape index (κ3) is 3.82. The first-order chi connectivity index (χ1) is 7.15. The minimum Gasteiger partial charge on any atom is -0.358 e. The van der Waals surface area contributed by atoms with E-state index in [0.717, 1.165) is 18.4 Å². The summed E-state index contributed by atoms with van der Waals surface area (Å²) in [6.07, 6.45) is 5.39. The number of carbonyl (C=O) groups excluding carboxylic acids is 1. The van der Waals surface area contributed by atoms with E-state index in [2.05, 4.69) is 17.6 Å². The Kier molecular flexibility index (Phi) is 5.09. The van der Waals surface area contributed by atoms with Crippen molar-refractivity contribution >= 4 is 5.91 Å². The van der Waals surface area contributed by atoms with Gasteiger partial charge in [0.05, 0.1) is 6.04 Å². The lowest BCUT2D eigenvalue weighted by molar-refractivity contribution is -0.122. The zero-order valence-corrected chi connectivity index (χ0v) is 10.2. The van der Waals surface area contributed by atoms with Crippen molar-refractivity contribution in [1.82, 2.24) is 10.6 Å². The highest BCUT2D eigenvalue weighted by molar-refractivity contribution is 5.80. The molecule has 3 atom stereocenters. The Morgan fingerprint density at radius 3 is 2.67 bits per heavy atom. The molecule has 1 aliphatic rings. The van der Waals surface area contributed by atoms with Gasteiger partial charge in [0, 0.05) is 7.05 Å². The Hall–Kier alpha value is -0.570. The number of rotatable bonds is 4. The first kappa shape index (κ1) is 12.5. The third-order valence-corrected chi connectivity index (χ3v) is 3.62. The van der Waals surface area contributed by atoms with Crippen LogP contribution in [0.2, 0.25) is 0 Å². The van der Waals surface area contributed by atoms with E-state index in [1.54, 1.807) is 7.05 Å². The second-order valence-electron chi connectivity index (χ2n) is 4.77. The minimum atomic E-state index is -0.0656. The van der Waals surface area contributed by atoms with E-state index in [-0.39, 0.29) is 11.9 Å².